The Labute approximate surface area is 138 Å². The van der Waals surface area contributed by atoms with E-state index in [1.807, 2.05) is 36.4 Å². The molecule has 3 aromatic rings. The van der Waals surface area contributed by atoms with Crippen LogP contribution in [0, 0.1) is 12.3 Å². The van der Waals surface area contributed by atoms with E-state index in [-0.39, 0.29) is 19.6 Å². The molecule has 0 aliphatic carbocycles. The van der Waals surface area contributed by atoms with Crippen LogP contribution >= 0.6 is 0 Å². The molecule has 0 aliphatic rings. The van der Waals surface area contributed by atoms with Gasteiger partial charge in [0.2, 0.25) is 0 Å². The average molecular weight is 321 g/mol. The van der Waals surface area contributed by atoms with Crippen molar-refractivity contribution in [2.75, 3.05) is 13.2 Å². The van der Waals surface area contributed by atoms with Crippen LogP contribution in [-0.4, -0.2) is 25.0 Å². The zero-order valence-electron chi connectivity index (χ0n) is 12.9. The molecular formula is C19H15NO4. The third kappa shape index (κ3) is 3.23. The van der Waals surface area contributed by atoms with Gasteiger partial charge in [-0.2, -0.15) is 0 Å². The number of esters is 1. The van der Waals surface area contributed by atoms with Gasteiger partial charge >= 0.3 is 5.97 Å². The van der Waals surface area contributed by atoms with Gasteiger partial charge in [0.1, 0.15) is 5.58 Å². The van der Waals surface area contributed by atoms with Gasteiger partial charge in [0.25, 0.3) is 5.91 Å². The Kier molecular flexibility index (Phi) is 4.48. The van der Waals surface area contributed by atoms with Crippen molar-refractivity contribution in [3.8, 4) is 12.3 Å². The Morgan fingerprint density at radius 2 is 2.04 bits per heavy atom. The number of benzene rings is 2. The third-order valence-electron chi connectivity index (χ3n) is 3.63. The molecule has 0 unspecified atom stereocenters. The molecule has 0 spiro atoms. The first kappa shape index (κ1) is 15.6. The summed E-state index contributed by atoms with van der Waals surface area (Å²) in [5.41, 5.74) is 1.44. The highest BCUT2D eigenvalue weighted by molar-refractivity contribution is 6.08. The van der Waals surface area contributed by atoms with Gasteiger partial charge in [0.05, 0.1) is 19.2 Å². The highest BCUT2D eigenvalue weighted by Crippen LogP contribution is 2.30. The number of furan rings is 1. The predicted octanol–water partition coefficient (Wildman–Crippen LogP) is 2.42. The van der Waals surface area contributed by atoms with Crippen LogP contribution in [0.25, 0.3) is 21.7 Å². The molecule has 0 saturated heterocycles. The summed E-state index contributed by atoms with van der Waals surface area (Å²) < 4.78 is 10.5. The zero-order chi connectivity index (χ0) is 16.9. The minimum Gasteiger partial charge on any atom is -0.464 e. The molecule has 24 heavy (non-hydrogen) atoms. The number of hydrogen-bond donors (Lipinski definition) is 1. The molecule has 5 nitrogen and oxygen atoms in total. The topological polar surface area (TPSA) is 68.5 Å². The molecule has 0 saturated carbocycles. The standard InChI is InChI=1S/C19H15NO4/c1-2-9-20-17(21)12-24-18(22)10-14-11-23-16-8-7-13-5-3-4-6-15(13)19(14)16/h1,3-8,11H,9-10,12H2,(H,20,21). The van der Waals surface area contributed by atoms with E-state index in [1.54, 1.807) is 6.26 Å². The van der Waals surface area contributed by atoms with E-state index >= 15 is 0 Å². The number of hydrogen-bond acceptors (Lipinski definition) is 4. The predicted molar refractivity (Wildman–Crippen MR) is 90.2 cm³/mol. The van der Waals surface area contributed by atoms with Crippen molar-refractivity contribution in [1.29, 1.82) is 0 Å². The Morgan fingerprint density at radius 1 is 1.21 bits per heavy atom. The van der Waals surface area contributed by atoms with Crippen molar-refractivity contribution in [1.82, 2.24) is 5.32 Å². The van der Waals surface area contributed by atoms with Gasteiger partial charge in [-0.1, -0.05) is 36.3 Å². The number of carbonyl (C=O) groups is 2. The highest BCUT2D eigenvalue weighted by Gasteiger charge is 2.14. The second-order valence-electron chi connectivity index (χ2n) is 5.24. The van der Waals surface area contributed by atoms with Gasteiger partial charge in [-0.05, 0) is 16.8 Å². The SMILES string of the molecule is C#CCNC(=O)COC(=O)Cc1coc2ccc3ccccc3c12. The maximum absolute atomic E-state index is 12.0. The lowest BCUT2D eigenvalue weighted by atomic mass is 10.0. The lowest BCUT2D eigenvalue weighted by Crippen LogP contribution is -2.29. The lowest BCUT2D eigenvalue weighted by molar-refractivity contribution is -0.147. The summed E-state index contributed by atoms with van der Waals surface area (Å²) in [7, 11) is 0. The van der Waals surface area contributed by atoms with Crippen molar-refractivity contribution in [3.05, 3.63) is 48.2 Å². The molecule has 5 heteroatoms. The number of rotatable bonds is 5. The smallest absolute Gasteiger partial charge is 0.310 e. The molecular weight excluding hydrogens is 306 g/mol. The fraction of sp³-hybridized carbons (Fsp3) is 0.158. The van der Waals surface area contributed by atoms with Crippen LogP contribution in [0.15, 0.2) is 47.1 Å². The first-order valence-electron chi connectivity index (χ1n) is 7.42. The largest absolute Gasteiger partial charge is 0.464 e. The normalized spacial score (nSPS) is 10.5. The fourth-order valence-corrected chi connectivity index (χ4v) is 2.56. The Morgan fingerprint density at radius 3 is 2.88 bits per heavy atom. The summed E-state index contributed by atoms with van der Waals surface area (Å²) in [4.78, 5) is 23.4. The van der Waals surface area contributed by atoms with Crippen molar-refractivity contribution >= 4 is 33.6 Å². The monoisotopic (exact) mass is 321 g/mol. The minimum absolute atomic E-state index is 0.0312. The summed E-state index contributed by atoms with van der Waals surface area (Å²) in [6.45, 7) is -0.244. The van der Waals surface area contributed by atoms with Crippen LogP contribution in [0.1, 0.15) is 5.56 Å². The maximum atomic E-state index is 12.0. The van der Waals surface area contributed by atoms with E-state index in [1.165, 1.54) is 0 Å². The van der Waals surface area contributed by atoms with Gasteiger partial charge in [-0.3, -0.25) is 9.59 Å². The summed E-state index contributed by atoms with van der Waals surface area (Å²) in [6, 6.07) is 11.7. The van der Waals surface area contributed by atoms with Gasteiger partial charge in [0.15, 0.2) is 6.61 Å². The molecule has 2 aromatic carbocycles. The highest BCUT2D eigenvalue weighted by atomic mass is 16.5. The van der Waals surface area contributed by atoms with E-state index in [0.717, 1.165) is 21.7 Å². The summed E-state index contributed by atoms with van der Waals surface area (Å²) in [5.74, 6) is 1.35. The third-order valence-corrected chi connectivity index (χ3v) is 3.63. The van der Waals surface area contributed by atoms with Gasteiger partial charge in [-0.25, -0.2) is 0 Å². The van der Waals surface area contributed by atoms with Gasteiger partial charge in [0, 0.05) is 10.9 Å². The number of carbonyl (C=O) groups excluding carboxylic acids is 2. The lowest BCUT2D eigenvalue weighted by Gasteiger charge is -2.05. The number of nitrogens with one attached hydrogen (secondary N) is 1. The first-order chi connectivity index (χ1) is 11.7. The first-order valence-corrected chi connectivity index (χ1v) is 7.42. The molecule has 1 aromatic heterocycles. The fourth-order valence-electron chi connectivity index (χ4n) is 2.56. The Bertz CT molecular complexity index is 949. The molecule has 0 bridgehead atoms. The van der Waals surface area contributed by atoms with Gasteiger partial charge < -0.3 is 14.5 Å². The molecule has 1 N–H and O–H groups in total. The van der Waals surface area contributed by atoms with Crippen LogP contribution in [0.4, 0.5) is 0 Å². The van der Waals surface area contributed by atoms with Crippen molar-refractivity contribution in [3.63, 3.8) is 0 Å². The summed E-state index contributed by atoms with van der Waals surface area (Å²) in [6.07, 6.45) is 6.62. The Hall–Kier alpha value is -3.26. The van der Waals surface area contributed by atoms with Crippen LogP contribution in [0.3, 0.4) is 0 Å². The molecule has 1 amide bonds. The molecule has 1 heterocycles. The number of terminal acetylenes is 1. The van der Waals surface area contributed by atoms with Crippen molar-refractivity contribution in [2.45, 2.75) is 6.42 Å². The molecule has 0 aliphatic heterocycles. The second-order valence-corrected chi connectivity index (χ2v) is 5.24. The Balaban J connectivity index is 1.76. The second kappa shape index (κ2) is 6.88. The van der Waals surface area contributed by atoms with E-state index in [0.29, 0.717) is 5.58 Å². The molecule has 0 atom stereocenters. The van der Waals surface area contributed by atoms with E-state index in [2.05, 4.69) is 11.2 Å². The van der Waals surface area contributed by atoms with Crippen LogP contribution in [-0.2, 0) is 20.7 Å². The number of amides is 1. The van der Waals surface area contributed by atoms with E-state index in [9.17, 15) is 9.59 Å². The minimum atomic E-state index is -0.499. The molecule has 3 rings (SSSR count). The summed E-state index contributed by atoms with van der Waals surface area (Å²) >= 11 is 0. The van der Waals surface area contributed by atoms with Crippen LogP contribution < -0.4 is 5.32 Å². The van der Waals surface area contributed by atoms with Crippen LogP contribution in [0.5, 0.6) is 0 Å². The number of ether oxygens (including phenoxy) is 1. The quantitative estimate of drug-likeness (QED) is 0.579. The van der Waals surface area contributed by atoms with E-state index in [4.69, 9.17) is 15.6 Å². The van der Waals surface area contributed by atoms with E-state index < -0.39 is 11.9 Å². The summed E-state index contributed by atoms with van der Waals surface area (Å²) in [5, 5.41) is 5.40. The maximum Gasteiger partial charge on any atom is 0.310 e. The van der Waals surface area contributed by atoms with Crippen molar-refractivity contribution < 1.29 is 18.7 Å². The van der Waals surface area contributed by atoms with Crippen molar-refractivity contribution in [2.24, 2.45) is 0 Å². The molecule has 0 fully saturated rings. The zero-order valence-corrected chi connectivity index (χ0v) is 12.9. The van der Waals surface area contributed by atoms with Crippen LogP contribution in [0.2, 0.25) is 0 Å². The average Bonchev–Trinajstić information content (AvgIpc) is 3.01. The molecule has 120 valence electrons. The molecule has 0 radical (unpaired) electrons. The number of fused-ring (bicyclic) bond motifs is 3. The van der Waals surface area contributed by atoms with Gasteiger partial charge in [-0.15, -0.1) is 6.42 Å².